The second-order valence-corrected chi connectivity index (χ2v) is 5.34. The van der Waals surface area contributed by atoms with Crippen LogP contribution in [0.3, 0.4) is 0 Å². The van der Waals surface area contributed by atoms with Crippen molar-refractivity contribution >= 4 is 5.82 Å². The Morgan fingerprint density at radius 1 is 1.32 bits per heavy atom. The van der Waals surface area contributed by atoms with Gasteiger partial charge in [-0.25, -0.2) is 9.97 Å². The third-order valence-electron chi connectivity index (χ3n) is 3.49. The van der Waals surface area contributed by atoms with Gasteiger partial charge in [0.1, 0.15) is 0 Å². The van der Waals surface area contributed by atoms with E-state index in [9.17, 15) is 0 Å². The molecule has 2 rings (SSSR count). The van der Waals surface area contributed by atoms with Crippen molar-refractivity contribution in [1.82, 2.24) is 9.97 Å². The lowest BCUT2D eigenvalue weighted by molar-refractivity contribution is 0.0494. The predicted octanol–water partition coefficient (Wildman–Crippen LogP) is 2.12. The van der Waals surface area contributed by atoms with Crippen molar-refractivity contribution in [1.29, 1.82) is 0 Å². The van der Waals surface area contributed by atoms with Crippen molar-refractivity contribution in [2.24, 2.45) is 5.92 Å². The molecule has 5 nitrogen and oxygen atoms in total. The van der Waals surface area contributed by atoms with Crippen molar-refractivity contribution < 1.29 is 9.47 Å². The number of piperidine rings is 1. The topological polar surface area (TPSA) is 47.5 Å². The SMILES string of the molecule is COC1CN(c2nccnc2OC(C)C)CCC1C. The van der Waals surface area contributed by atoms with Crippen molar-refractivity contribution in [2.75, 3.05) is 25.1 Å². The van der Waals surface area contributed by atoms with Crippen LogP contribution in [0.1, 0.15) is 27.2 Å². The summed E-state index contributed by atoms with van der Waals surface area (Å²) in [5, 5.41) is 0. The maximum absolute atomic E-state index is 5.74. The summed E-state index contributed by atoms with van der Waals surface area (Å²) in [6, 6.07) is 0. The fourth-order valence-corrected chi connectivity index (χ4v) is 2.37. The predicted molar refractivity (Wildman–Crippen MR) is 74.6 cm³/mol. The minimum atomic E-state index is 0.0948. The molecule has 0 radical (unpaired) electrons. The second kappa shape index (κ2) is 6.19. The van der Waals surface area contributed by atoms with E-state index in [0.29, 0.717) is 11.8 Å². The van der Waals surface area contributed by atoms with E-state index in [1.807, 2.05) is 13.8 Å². The quantitative estimate of drug-likeness (QED) is 0.834. The number of rotatable bonds is 4. The average Bonchev–Trinajstić information content (AvgIpc) is 2.39. The van der Waals surface area contributed by atoms with Crippen LogP contribution in [0.5, 0.6) is 5.88 Å². The van der Waals surface area contributed by atoms with Gasteiger partial charge in [0.25, 0.3) is 5.88 Å². The molecule has 19 heavy (non-hydrogen) atoms. The van der Waals surface area contributed by atoms with Crippen LogP contribution in [-0.4, -0.2) is 42.4 Å². The van der Waals surface area contributed by atoms with E-state index in [1.165, 1.54) is 0 Å². The molecule has 2 atom stereocenters. The van der Waals surface area contributed by atoms with E-state index in [4.69, 9.17) is 9.47 Å². The molecule has 1 aliphatic rings. The van der Waals surface area contributed by atoms with Crippen molar-refractivity contribution in [3.8, 4) is 5.88 Å². The van der Waals surface area contributed by atoms with Crippen molar-refractivity contribution in [3.05, 3.63) is 12.4 Å². The highest BCUT2D eigenvalue weighted by atomic mass is 16.5. The van der Waals surface area contributed by atoms with Gasteiger partial charge in [0.2, 0.25) is 0 Å². The molecule has 1 fully saturated rings. The molecule has 1 aromatic heterocycles. The van der Waals surface area contributed by atoms with Crippen LogP contribution in [0.15, 0.2) is 12.4 Å². The largest absolute Gasteiger partial charge is 0.472 e. The number of hydrogen-bond acceptors (Lipinski definition) is 5. The smallest absolute Gasteiger partial charge is 0.257 e. The first kappa shape index (κ1) is 14.1. The molecule has 2 unspecified atom stereocenters. The molecule has 1 saturated heterocycles. The first-order valence-corrected chi connectivity index (χ1v) is 6.87. The molecule has 2 heterocycles. The van der Waals surface area contributed by atoms with E-state index < -0.39 is 0 Å². The first-order valence-electron chi connectivity index (χ1n) is 6.87. The van der Waals surface area contributed by atoms with Crippen LogP contribution in [0.4, 0.5) is 5.82 Å². The zero-order valence-corrected chi connectivity index (χ0v) is 12.2. The van der Waals surface area contributed by atoms with Gasteiger partial charge in [0, 0.05) is 32.6 Å². The minimum absolute atomic E-state index is 0.0948. The number of hydrogen-bond donors (Lipinski definition) is 0. The van der Waals surface area contributed by atoms with Gasteiger partial charge in [-0.2, -0.15) is 0 Å². The molecule has 1 aromatic rings. The molecule has 1 aliphatic heterocycles. The summed E-state index contributed by atoms with van der Waals surface area (Å²) in [6.45, 7) is 8.02. The van der Waals surface area contributed by atoms with Gasteiger partial charge in [-0.05, 0) is 26.2 Å². The summed E-state index contributed by atoms with van der Waals surface area (Å²) in [5.74, 6) is 2.01. The van der Waals surface area contributed by atoms with Crippen LogP contribution in [0.2, 0.25) is 0 Å². The standard InChI is InChI=1S/C14H23N3O2/c1-10(2)19-14-13(15-6-7-16-14)17-8-5-11(3)12(9-17)18-4/h6-7,10-12H,5,8-9H2,1-4H3. The van der Waals surface area contributed by atoms with E-state index in [2.05, 4.69) is 21.8 Å². The summed E-state index contributed by atoms with van der Waals surface area (Å²) in [7, 11) is 1.77. The zero-order chi connectivity index (χ0) is 13.8. The van der Waals surface area contributed by atoms with Crippen LogP contribution in [0.25, 0.3) is 0 Å². The normalized spacial score (nSPS) is 23.7. The third-order valence-corrected chi connectivity index (χ3v) is 3.49. The van der Waals surface area contributed by atoms with Crippen LogP contribution in [-0.2, 0) is 4.74 Å². The number of aromatic nitrogens is 2. The van der Waals surface area contributed by atoms with Gasteiger partial charge < -0.3 is 14.4 Å². The van der Waals surface area contributed by atoms with Gasteiger partial charge in [-0.3, -0.25) is 0 Å². The summed E-state index contributed by atoms with van der Waals surface area (Å²) < 4.78 is 11.3. The molecule has 0 N–H and O–H groups in total. The molecule has 5 heteroatoms. The maximum Gasteiger partial charge on any atom is 0.257 e. The van der Waals surface area contributed by atoms with E-state index in [1.54, 1.807) is 19.5 Å². The molecule has 0 aromatic carbocycles. The van der Waals surface area contributed by atoms with Gasteiger partial charge in [0.05, 0.1) is 12.2 Å². The highest BCUT2D eigenvalue weighted by Gasteiger charge is 2.28. The van der Waals surface area contributed by atoms with Crippen molar-refractivity contribution in [3.63, 3.8) is 0 Å². The van der Waals surface area contributed by atoms with Crippen molar-refractivity contribution in [2.45, 2.75) is 39.4 Å². The molecule has 0 aliphatic carbocycles. The average molecular weight is 265 g/mol. The van der Waals surface area contributed by atoms with Crippen LogP contribution >= 0.6 is 0 Å². The first-order chi connectivity index (χ1) is 9.11. The van der Waals surface area contributed by atoms with Gasteiger partial charge in [0.15, 0.2) is 5.82 Å². The van der Waals surface area contributed by atoms with Crippen LogP contribution in [0, 0.1) is 5.92 Å². The summed E-state index contributed by atoms with van der Waals surface area (Å²) in [4.78, 5) is 10.9. The number of anilines is 1. The van der Waals surface area contributed by atoms with E-state index in [-0.39, 0.29) is 12.2 Å². The molecule has 0 saturated carbocycles. The molecular formula is C14H23N3O2. The Kier molecular flexibility index (Phi) is 4.58. The monoisotopic (exact) mass is 265 g/mol. The Balaban J connectivity index is 2.17. The Hall–Kier alpha value is -1.36. The van der Waals surface area contributed by atoms with Gasteiger partial charge in [-0.15, -0.1) is 0 Å². The molecule has 0 spiro atoms. The number of methoxy groups -OCH3 is 1. The highest BCUT2D eigenvalue weighted by molar-refractivity contribution is 5.48. The number of ether oxygens (including phenoxy) is 2. The van der Waals surface area contributed by atoms with E-state index >= 15 is 0 Å². The Morgan fingerprint density at radius 3 is 2.74 bits per heavy atom. The lowest BCUT2D eigenvalue weighted by Crippen LogP contribution is -2.44. The Morgan fingerprint density at radius 2 is 2.05 bits per heavy atom. The summed E-state index contributed by atoms with van der Waals surface area (Å²) in [6.07, 6.45) is 4.81. The molecular weight excluding hydrogens is 242 g/mol. The van der Waals surface area contributed by atoms with E-state index in [0.717, 1.165) is 25.3 Å². The highest BCUT2D eigenvalue weighted by Crippen LogP contribution is 2.29. The lowest BCUT2D eigenvalue weighted by atomic mass is 9.96. The molecule has 0 bridgehead atoms. The Labute approximate surface area is 115 Å². The van der Waals surface area contributed by atoms with Gasteiger partial charge >= 0.3 is 0 Å². The molecule has 106 valence electrons. The fraction of sp³-hybridized carbons (Fsp3) is 0.714. The summed E-state index contributed by atoms with van der Waals surface area (Å²) >= 11 is 0. The lowest BCUT2D eigenvalue weighted by Gasteiger charge is -2.37. The summed E-state index contributed by atoms with van der Waals surface area (Å²) in [5.41, 5.74) is 0. The van der Waals surface area contributed by atoms with Gasteiger partial charge in [-0.1, -0.05) is 6.92 Å². The minimum Gasteiger partial charge on any atom is -0.472 e. The fourth-order valence-electron chi connectivity index (χ4n) is 2.37. The third kappa shape index (κ3) is 3.35. The maximum atomic E-state index is 5.74. The Bertz CT molecular complexity index is 411. The molecule has 0 amide bonds. The second-order valence-electron chi connectivity index (χ2n) is 5.34. The zero-order valence-electron chi connectivity index (χ0n) is 12.2. The number of nitrogens with zero attached hydrogens (tertiary/aromatic N) is 3. The van der Waals surface area contributed by atoms with Crippen LogP contribution < -0.4 is 9.64 Å².